The molecule has 0 aliphatic rings. The normalized spacial score (nSPS) is 12.4. The number of aliphatic hydroxyl groups is 1. The molecular weight excluding hydrogens is 295 g/mol. The number of rotatable bonds is 6. The molecule has 0 aliphatic carbocycles. The predicted octanol–water partition coefficient (Wildman–Crippen LogP) is 2.11. The molecule has 0 heterocycles. The second-order valence-electron chi connectivity index (χ2n) is 3.33. The van der Waals surface area contributed by atoms with Crippen molar-refractivity contribution in [3.63, 3.8) is 0 Å². The molecule has 1 atom stereocenters. The molecule has 0 aromatic heterocycles. The van der Waals surface area contributed by atoms with Crippen molar-refractivity contribution in [2.45, 2.75) is 12.5 Å². The number of benzene rings is 1. The summed E-state index contributed by atoms with van der Waals surface area (Å²) in [4.78, 5) is 11.0. The van der Waals surface area contributed by atoms with Crippen LogP contribution in [0.4, 0.5) is 4.39 Å². The Balaban J connectivity index is 2.86. The summed E-state index contributed by atoms with van der Waals surface area (Å²) < 4.78 is 18.3. The van der Waals surface area contributed by atoms with Crippen LogP contribution in [-0.2, 0) is 9.53 Å². The van der Waals surface area contributed by atoms with Crippen molar-refractivity contribution in [2.24, 2.45) is 0 Å². The lowest BCUT2D eigenvalue weighted by Crippen LogP contribution is -2.17. The van der Waals surface area contributed by atoms with E-state index in [1.54, 1.807) is 0 Å². The van der Waals surface area contributed by atoms with Crippen molar-refractivity contribution in [3.05, 3.63) is 34.1 Å². The summed E-state index contributed by atoms with van der Waals surface area (Å²) in [5, 5.41) is 17.6. The Kier molecular flexibility index (Phi) is 5.54. The summed E-state index contributed by atoms with van der Waals surface area (Å²) in [7, 11) is 0. The molecule has 6 heteroatoms. The van der Waals surface area contributed by atoms with Gasteiger partial charge in [0.05, 0.1) is 6.61 Å². The van der Waals surface area contributed by atoms with E-state index in [0.717, 1.165) is 0 Å². The lowest BCUT2D eigenvalue weighted by Gasteiger charge is -2.15. The van der Waals surface area contributed by atoms with Crippen LogP contribution in [-0.4, -0.2) is 29.4 Å². The Bertz CT molecular complexity index is 397. The molecule has 4 nitrogen and oxygen atoms in total. The van der Waals surface area contributed by atoms with E-state index in [9.17, 15) is 9.18 Å². The van der Waals surface area contributed by atoms with Crippen molar-refractivity contribution in [1.82, 2.24) is 0 Å². The van der Waals surface area contributed by atoms with Gasteiger partial charge in [-0.2, -0.15) is 0 Å². The van der Waals surface area contributed by atoms with Gasteiger partial charge in [0.25, 0.3) is 0 Å². The fourth-order valence-corrected chi connectivity index (χ4v) is 1.83. The van der Waals surface area contributed by atoms with E-state index >= 15 is 0 Å². The molecule has 1 aromatic carbocycles. The summed E-state index contributed by atoms with van der Waals surface area (Å²) in [6.45, 7) is 0.0498. The van der Waals surface area contributed by atoms with Gasteiger partial charge in [-0.1, -0.05) is 22.0 Å². The third-order valence-electron chi connectivity index (χ3n) is 2.06. The average Bonchev–Trinajstić information content (AvgIpc) is 2.25. The number of halogens is 2. The van der Waals surface area contributed by atoms with Crippen molar-refractivity contribution < 1.29 is 24.1 Å². The Morgan fingerprint density at radius 1 is 1.53 bits per heavy atom. The van der Waals surface area contributed by atoms with Crippen LogP contribution in [0.1, 0.15) is 18.1 Å². The van der Waals surface area contributed by atoms with Gasteiger partial charge in [0.1, 0.15) is 5.82 Å². The van der Waals surface area contributed by atoms with Crippen LogP contribution >= 0.6 is 15.9 Å². The summed E-state index contributed by atoms with van der Waals surface area (Å²) in [6.07, 6.45) is -0.820. The van der Waals surface area contributed by atoms with Gasteiger partial charge < -0.3 is 14.9 Å². The number of aliphatic hydroxyl groups excluding tert-OH is 1. The van der Waals surface area contributed by atoms with Crippen LogP contribution in [0.2, 0.25) is 0 Å². The molecule has 1 rings (SSSR count). The summed E-state index contributed by atoms with van der Waals surface area (Å²) in [5.74, 6) is -1.62. The molecular formula is C11H12BrFO4. The first-order valence-corrected chi connectivity index (χ1v) is 5.75. The van der Waals surface area contributed by atoms with E-state index in [0.29, 0.717) is 16.5 Å². The first kappa shape index (κ1) is 14.1. The number of aliphatic carboxylic acids is 1. The smallest absolute Gasteiger partial charge is 0.337 e. The van der Waals surface area contributed by atoms with Crippen LogP contribution in [0.5, 0.6) is 0 Å². The second kappa shape index (κ2) is 6.68. The largest absolute Gasteiger partial charge is 0.479 e. The van der Waals surface area contributed by atoms with Crippen LogP contribution in [0.25, 0.3) is 0 Å². The Morgan fingerprint density at radius 3 is 2.76 bits per heavy atom. The molecule has 0 amide bonds. The van der Waals surface area contributed by atoms with Gasteiger partial charge >= 0.3 is 5.97 Å². The maximum Gasteiger partial charge on any atom is 0.337 e. The SMILES string of the molecule is O=C(O)C(OCCCO)c1ccc(F)cc1Br. The zero-order valence-electron chi connectivity index (χ0n) is 8.90. The van der Waals surface area contributed by atoms with Gasteiger partial charge in [0, 0.05) is 16.6 Å². The minimum absolute atomic E-state index is 0.0725. The molecule has 2 N–H and O–H groups in total. The highest BCUT2D eigenvalue weighted by Crippen LogP contribution is 2.27. The topological polar surface area (TPSA) is 66.8 Å². The van der Waals surface area contributed by atoms with E-state index in [-0.39, 0.29) is 13.2 Å². The van der Waals surface area contributed by atoms with Gasteiger partial charge in [0.15, 0.2) is 6.10 Å². The number of hydrogen-bond acceptors (Lipinski definition) is 3. The highest BCUT2D eigenvalue weighted by Gasteiger charge is 2.22. The van der Waals surface area contributed by atoms with Crippen molar-refractivity contribution in [3.8, 4) is 0 Å². The maximum atomic E-state index is 12.9. The molecule has 1 aromatic rings. The molecule has 0 saturated carbocycles. The van der Waals surface area contributed by atoms with Gasteiger partial charge in [-0.05, 0) is 18.6 Å². The Hall–Kier alpha value is -0.980. The highest BCUT2D eigenvalue weighted by molar-refractivity contribution is 9.10. The zero-order valence-corrected chi connectivity index (χ0v) is 10.5. The predicted molar refractivity (Wildman–Crippen MR) is 62.1 cm³/mol. The van der Waals surface area contributed by atoms with Gasteiger partial charge in [-0.15, -0.1) is 0 Å². The van der Waals surface area contributed by atoms with E-state index in [1.807, 2.05) is 0 Å². The standard InChI is InChI=1S/C11H12BrFO4/c12-9-6-7(13)2-3-8(9)10(11(15)16)17-5-1-4-14/h2-3,6,10,14H,1,4-5H2,(H,15,16). The van der Waals surface area contributed by atoms with Crippen LogP contribution < -0.4 is 0 Å². The Labute approximate surface area is 106 Å². The molecule has 0 aliphatic heterocycles. The molecule has 0 radical (unpaired) electrons. The van der Waals surface area contributed by atoms with Crippen molar-refractivity contribution >= 4 is 21.9 Å². The molecule has 1 unspecified atom stereocenters. The third-order valence-corrected chi connectivity index (χ3v) is 2.74. The minimum Gasteiger partial charge on any atom is -0.479 e. The van der Waals surface area contributed by atoms with Crippen molar-refractivity contribution in [1.29, 1.82) is 0 Å². The number of hydrogen-bond donors (Lipinski definition) is 2. The molecule has 0 fully saturated rings. The lowest BCUT2D eigenvalue weighted by atomic mass is 10.1. The molecule has 0 spiro atoms. The van der Waals surface area contributed by atoms with E-state index in [2.05, 4.69) is 15.9 Å². The third kappa shape index (κ3) is 4.07. The maximum absolute atomic E-state index is 12.9. The van der Waals surface area contributed by atoms with Crippen LogP contribution in [0.3, 0.4) is 0 Å². The van der Waals surface area contributed by atoms with Crippen LogP contribution in [0.15, 0.2) is 22.7 Å². The van der Waals surface area contributed by atoms with E-state index in [1.165, 1.54) is 18.2 Å². The second-order valence-corrected chi connectivity index (χ2v) is 4.19. The van der Waals surface area contributed by atoms with Gasteiger partial charge in [-0.3, -0.25) is 0 Å². The molecule has 0 bridgehead atoms. The first-order chi connectivity index (χ1) is 8.06. The molecule has 17 heavy (non-hydrogen) atoms. The van der Waals surface area contributed by atoms with Crippen molar-refractivity contribution in [2.75, 3.05) is 13.2 Å². The Morgan fingerprint density at radius 2 is 2.24 bits per heavy atom. The average molecular weight is 307 g/mol. The number of carboxylic acid groups (broad SMARTS) is 1. The summed E-state index contributed by atoms with van der Waals surface area (Å²) >= 11 is 3.09. The quantitative estimate of drug-likeness (QED) is 0.790. The fourth-order valence-electron chi connectivity index (χ4n) is 1.27. The zero-order chi connectivity index (χ0) is 12.8. The van der Waals surface area contributed by atoms with Gasteiger partial charge in [0.2, 0.25) is 0 Å². The lowest BCUT2D eigenvalue weighted by molar-refractivity contribution is -0.151. The molecule has 0 saturated heterocycles. The van der Waals surface area contributed by atoms with Crippen LogP contribution in [0, 0.1) is 5.82 Å². The van der Waals surface area contributed by atoms with E-state index < -0.39 is 17.9 Å². The number of ether oxygens (including phenoxy) is 1. The summed E-state index contributed by atoms with van der Waals surface area (Å²) in [6, 6.07) is 3.71. The number of carboxylic acids is 1. The van der Waals surface area contributed by atoms with Gasteiger partial charge in [-0.25, -0.2) is 9.18 Å². The minimum atomic E-state index is -1.17. The number of carbonyl (C=O) groups is 1. The monoisotopic (exact) mass is 306 g/mol. The highest BCUT2D eigenvalue weighted by atomic mass is 79.9. The molecule has 94 valence electrons. The first-order valence-electron chi connectivity index (χ1n) is 4.96. The fraction of sp³-hybridized carbons (Fsp3) is 0.364. The summed E-state index contributed by atoms with van der Waals surface area (Å²) in [5.41, 5.74) is 0.344. The van der Waals surface area contributed by atoms with E-state index in [4.69, 9.17) is 14.9 Å².